The summed E-state index contributed by atoms with van der Waals surface area (Å²) in [5, 5.41) is 6.59. The second-order valence-electron chi connectivity index (χ2n) is 6.58. The van der Waals surface area contributed by atoms with E-state index in [-0.39, 0.29) is 0 Å². The van der Waals surface area contributed by atoms with Gasteiger partial charge in [0.05, 0.1) is 32.5 Å². The smallest absolute Gasteiger partial charge is 0.213 e. The summed E-state index contributed by atoms with van der Waals surface area (Å²) in [7, 11) is 1.62. The summed E-state index contributed by atoms with van der Waals surface area (Å²) >= 11 is 0. The van der Waals surface area contributed by atoms with Gasteiger partial charge in [-0.15, -0.1) is 0 Å². The Labute approximate surface area is 161 Å². The molecule has 1 saturated carbocycles. The second-order valence-corrected chi connectivity index (χ2v) is 6.58. The summed E-state index contributed by atoms with van der Waals surface area (Å²) < 4.78 is 11.1. The molecule has 0 saturated heterocycles. The number of aliphatic imine (C=N–C) groups is 1. The van der Waals surface area contributed by atoms with Gasteiger partial charge in [-0.05, 0) is 37.8 Å². The zero-order valence-corrected chi connectivity index (χ0v) is 16.1. The molecule has 144 valence electrons. The van der Waals surface area contributed by atoms with Gasteiger partial charge < -0.3 is 20.1 Å². The summed E-state index contributed by atoms with van der Waals surface area (Å²) in [6.45, 7) is 4.77. The van der Waals surface area contributed by atoms with E-state index in [9.17, 15) is 0 Å². The van der Waals surface area contributed by atoms with Crippen LogP contribution < -0.4 is 20.1 Å². The van der Waals surface area contributed by atoms with Gasteiger partial charge in [0.15, 0.2) is 5.96 Å². The Bertz CT molecular complexity index is 759. The van der Waals surface area contributed by atoms with E-state index in [1.807, 2.05) is 43.3 Å². The number of benzene rings is 1. The lowest BCUT2D eigenvalue weighted by molar-refractivity contribution is 0.297. The molecule has 0 aliphatic heterocycles. The zero-order chi connectivity index (χ0) is 18.9. The highest BCUT2D eigenvalue weighted by Gasteiger charge is 2.22. The Morgan fingerprint density at radius 3 is 2.78 bits per heavy atom. The molecule has 1 aromatic carbocycles. The van der Waals surface area contributed by atoms with Crippen LogP contribution in [0.4, 0.5) is 0 Å². The number of rotatable bonds is 9. The van der Waals surface area contributed by atoms with Crippen LogP contribution in [0.5, 0.6) is 11.6 Å². The van der Waals surface area contributed by atoms with E-state index < -0.39 is 0 Å². The predicted molar refractivity (Wildman–Crippen MR) is 107 cm³/mol. The second kappa shape index (κ2) is 9.80. The average Bonchev–Trinajstić information content (AvgIpc) is 3.54. The van der Waals surface area contributed by atoms with E-state index in [1.165, 1.54) is 12.8 Å². The molecule has 6 heteroatoms. The monoisotopic (exact) mass is 368 g/mol. The minimum atomic E-state index is 0.557. The van der Waals surface area contributed by atoms with E-state index in [1.54, 1.807) is 7.11 Å². The van der Waals surface area contributed by atoms with Crippen molar-refractivity contribution in [3.63, 3.8) is 0 Å². The van der Waals surface area contributed by atoms with Crippen molar-refractivity contribution >= 4 is 5.96 Å². The number of methoxy groups -OCH3 is 1. The van der Waals surface area contributed by atoms with Crippen molar-refractivity contribution in [1.29, 1.82) is 0 Å². The van der Waals surface area contributed by atoms with Crippen LogP contribution in [0.2, 0.25) is 0 Å². The van der Waals surface area contributed by atoms with Crippen molar-refractivity contribution in [3.05, 3.63) is 53.7 Å². The highest BCUT2D eigenvalue weighted by molar-refractivity contribution is 5.79. The van der Waals surface area contributed by atoms with Crippen molar-refractivity contribution in [1.82, 2.24) is 15.6 Å². The predicted octanol–water partition coefficient (Wildman–Crippen LogP) is 3.13. The quantitative estimate of drug-likeness (QED) is 0.526. The van der Waals surface area contributed by atoms with Crippen molar-refractivity contribution in [2.24, 2.45) is 10.9 Å². The van der Waals surface area contributed by atoms with Crippen LogP contribution in [0.25, 0.3) is 0 Å². The minimum absolute atomic E-state index is 0.557. The Balaban J connectivity index is 1.61. The van der Waals surface area contributed by atoms with Gasteiger partial charge in [0.2, 0.25) is 5.88 Å². The average molecular weight is 368 g/mol. The normalized spacial score (nSPS) is 13.9. The van der Waals surface area contributed by atoms with Crippen molar-refractivity contribution in [3.8, 4) is 11.6 Å². The van der Waals surface area contributed by atoms with Gasteiger partial charge >= 0.3 is 0 Å². The van der Waals surface area contributed by atoms with Crippen LogP contribution in [0.1, 0.15) is 31.0 Å². The first-order valence-electron chi connectivity index (χ1n) is 9.51. The van der Waals surface area contributed by atoms with Crippen molar-refractivity contribution < 1.29 is 9.47 Å². The summed E-state index contributed by atoms with van der Waals surface area (Å²) in [6, 6.07) is 13.8. The van der Waals surface area contributed by atoms with Gasteiger partial charge in [-0.25, -0.2) is 9.98 Å². The van der Waals surface area contributed by atoms with E-state index in [0.717, 1.165) is 42.0 Å². The molecule has 6 nitrogen and oxygen atoms in total. The molecule has 27 heavy (non-hydrogen) atoms. The van der Waals surface area contributed by atoms with E-state index >= 15 is 0 Å². The number of hydrogen-bond acceptors (Lipinski definition) is 4. The van der Waals surface area contributed by atoms with Crippen LogP contribution in [-0.4, -0.2) is 31.2 Å². The molecule has 0 amide bonds. The van der Waals surface area contributed by atoms with Gasteiger partial charge in [-0.3, -0.25) is 0 Å². The number of guanidine groups is 1. The molecule has 0 bridgehead atoms. The molecular formula is C21H28N4O2. The van der Waals surface area contributed by atoms with Crippen LogP contribution >= 0.6 is 0 Å². The Morgan fingerprint density at radius 1 is 1.15 bits per heavy atom. The zero-order valence-electron chi connectivity index (χ0n) is 16.1. The topological polar surface area (TPSA) is 67.8 Å². The van der Waals surface area contributed by atoms with Crippen molar-refractivity contribution in [2.75, 3.05) is 20.3 Å². The van der Waals surface area contributed by atoms with Crippen LogP contribution in [-0.2, 0) is 13.1 Å². The first-order chi connectivity index (χ1) is 13.3. The lowest BCUT2D eigenvalue weighted by Gasteiger charge is -2.13. The lowest BCUT2D eigenvalue weighted by Crippen LogP contribution is -2.37. The van der Waals surface area contributed by atoms with E-state index in [4.69, 9.17) is 14.5 Å². The number of aromatic nitrogens is 1. The summed E-state index contributed by atoms with van der Waals surface area (Å²) in [6.07, 6.45) is 2.57. The van der Waals surface area contributed by atoms with Gasteiger partial charge in [0.1, 0.15) is 5.75 Å². The van der Waals surface area contributed by atoms with Gasteiger partial charge in [0, 0.05) is 18.2 Å². The fourth-order valence-corrected chi connectivity index (χ4v) is 2.62. The van der Waals surface area contributed by atoms with Gasteiger partial charge in [0.25, 0.3) is 0 Å². The van der Waals surface area contributed by atoms with Crippen LogP contribution in [0, 0.1) is 5.92 Å². The summed E-state index contributed by atoms with van der Waals surface area (Å²) in [5.41, 5.74) is 1.99. The molecule has 0 radical (unpaired) electrons. The first-order valence-corrected chi connectivity index (χ1v) is 9.51. The summed E-state index contributed by atoms with van der Waals surface area (Å²) in [5.74, 6) is 3.02. The third kappa shape index (κ3) is 6.16. The number of ether oxygens (including phenoxy) is 2. The summed E-state index contributed by atoms with van der Waals surface area (Å²) in [4.78, 5) is 9.12. The molecule has 0 spiro atoms. The maximum Gasteiger partial charge on any atom is 0.213 e. The number of nitrogens with one attached hydrogen (secondary N) is 2. The molecule has 2 N–H and O–H groups in total. The number of para-hydroxylation sites is 1. The van der Waals surface area contributed by atoms with E-state index in [2.05, 4.69) is 21.7 Å². The van der Waals surface area contributed by atoms with Gasteiger partial charge in [-0.2, -0.15) is 0 Å². The first kappa shape index (κ1) is 19.0. The molecule has 2 aromatic rings. The molecule has 3 rings (SSSR count). The maximum absolute atomic E-state index is 5.97. The third-order valence-corrected chi connectivity index (χ3v) is 4.32. The number of hydrogen-bond donors (Lipinski definition) is 2. The molecule has 1 fully saturated rings. The molecular weight excluding hydrogens is 340 g/mol. The molecule has 1 aliphatic carbocycles. The molecule has 1 aliphatic rings. The number of nitrogens with zero attached hydrogens (tertiary/aromatic N) is 2. The van der Waals surface area contributed by atoms with Gasteiger partial charge in [-0.1, -0.05) is 24.3 Å². The molecule has 0 atom stereocenters. The number of pyridine rings is 1. The SMILES string of the molecule is CCNC(=NCc1ccccc1OCC1CC1)NCc1cccc(OC)n1. The largest absolute Gasteiger partial charge is 0.493 e. The Kier molecular flexibility index (Phi) is 6.90. The Morgan fingerprint density at radius 2 is 2.00 bits per heavy atom. The van der Waals surface area contributed by atoms with Crippen LogP contribution in [0.3, 0.4) is 0 Å². The fourth-order valence-electron chi connectivity index (χ4n) is 2.62. The Hall–Kier alpha value is -2.76. The van der Waals surface area contributed by atoms with Crippen LogP contribution in [0.15, 0.2) is 47.5 Å². The molecule has 0 unspecified atom stereocenters. The van der Waals surface area contributed by atoms with E-state index in [0.29, 0.717) is 19.0 Å². The highest BCUT2D eigenvalue weighted by Crippen LogP contribution is 2.30. The fraction of sp³-hybridized carbons (Fsp3) is 0.429. The minimum Gasteiger partial charge on any atom is -0.493 e. The lowest BCUT2D eigenvalue weighted by atomic mass is 10.2. The standard InChI is InChI=1S/C21H28N4O2/c1-3-22-21(24-14-18-8-6-10-20(25-18)26-2)23-13-17-7-4-5-9-19(17)27-15-16-11-12-16/h4-10,16H,3,11-15H2,1-2H3,(H2,22,23,24). The molecule has 1 heterocycles. The maximum atomic E-state index is 5.97. The highest BCUT2D eigenvalue weighted by atomic mass is 16.5. The van der Waals surface area contributed by atoms with Crippen molar-refractivity contribution in [2.45, 2.75) is 32.9 Å². The third-order valence-electron chi connectivity index (χ3n) is 4.32. The molecule has 1 aromatic heterocycles.